The van der Waals surface area contributed by atoms with Crippen LogP contribution in [0.5, 0.6) is 0 Å². The van der Waals surface area contributed by atoms with Crippen molar-refractivity contribution in [2.24, 2.45) is 10.9 Å². The summed E-state index contributed by atoms with van der Waals surface area (Å²) in [5, 5.41) is 1.04. The van der Waals surface area contributed by atoms with Gasteiger partial charge in [0.15, 0.2) is 0 Å². The number of thioether (sulfide) groups is 1. The molecule has 0 saturated heterocycles. The highest BCUT2D eigenvalue weighted by molar-refractivity contribution is 8.13. The van der Waals surface area contributed by atoms with E-state index in [2.05, 4.69) is 6.92 Å². The first-order valence-electron chi connectivity index (χ1n) is 9.73. The molecule has 3 rings (SSSR count). The number of fused-ring (bicyclic) bond motifs is 2. The Morgan fingerprint density at radius 3 is 2.68 bits per heavy atom. The zero-order valence-electron chi connectivity index (χ0n) is 14.3. The standard InChI is InChI=1S/C19H33NOS/c1-2-3-4-10-15-22-18-20-19(13-8-5-9-14-19)16-11-6-7-12-17(16)21-18/h16-17H,2-15H2,1H3/t16-,17-/m1/s1. The zero-order chi connectivity index (χ0) is 15.3. The summed E-state index contributed by atoms with van der Waals surface area (Å²) in [4.78, 5) is 5.23. The van der Waals surface area contributed by atoms with Gasteiger partial charge >= 0.3 is 0 Å². The third-order valence-corrected chi connectivity index (χ3v) is 6.83. The predicted molar refractivity (Wildman–Crippen MR) is 96.7 cm³/mol. The van der Waals surface area contributed by atoms with E-state index in [0.29, 0.717) is 12.0 Å². The van der Waals surface area contributed by atoms with Crippen LogP contribution in [-0.4, -0.2) is 22.6 Å². The molecule has 0 aromatic heterocycles. The molecule has 22 heavy (non-hydrogen) atoms. The fourth-order valence-electron chi connectivity index (χ4n) is 4.67. The van der Waals surface area contributed by atoms with Crippen LogP contribution in [-0.2, 0) is 4.74 Å². The van der Waals surface area contributed by atoms with Crippen LogP contribution in [0.4, 0.5) is 0 Å². The first-order chi connectivity index (χ1) is 10.8. The highest BCUT2D eigenvalue weighted by Gasteiger charge is 2.48. The number of aliphatic imine (C=N–C) groups is 1. The second-order valence-corrected chi connectivity index (χ2v) is 8.54. The maximum Gasteiger partial charge on any atom is 0.246 e. The van der Waals surface area contributed by atoms with Crippen molar-refractivity contribution in [2.75, 3.05) is 5.75 Å². The fraction of sp³-hybridized carbons (Fsp3) is 0.947. The number of hydrogen-bond acceptors (Lipinski definition) is 3. The Morgan fingerprint density at radius 1 is 1.05 bits per heavy atom. The van der Waals surface area contributed by atoms with Crippen molar-refractivity contribution in [3.8, 4) is 0 Å². The van der Waals surface area contributed by atoms with Crippen LogP contribution in [0.25, 0.3) is 0 Å². The Morgan fingerprint density at radius 2 is 1.86 bits per heavy atom. The lowest BCUT2D eigenvalue weighted by Gasteiger charge is -2.49. The molecule has 0 bridgehead atoms. The van der Waals surface area contributed by atoms with Crippen LogP contribution in [0.1, 0.15) is 90.4 Å². The SMILES string of the molecule is CCCCCCSC1=NC2(CCCCC2)[C@@H]2CCCC[C@H]2O1. The van der Waals surface area contributed by atoms with Crippen LogP contribution in [0, 0.1) is 5.92 Å². The Labute approximate surface area is 140 Å². The van der Waals surface area contributed by atoms with Crippen molar-refractivity contribution in [3.63, 3.8) is 0 Å². The molecular weight excluding hydrogens is 290 g/mol. The molecule has 1 aliphatic heterocycles. The Kier molecular flexibility index (Phi) is 6.12. The number of rotatable bonds is 5. The molecule has 3 aliphatic rings. The summed E-state index contributed by atoms with van der Waals surface area (Å²) in [5.74, 6) is 1.90. The van der Waals surface area contributed by atoms with E-state index in [-0.39, 0.29) is 5.54 Å². The summed E-state index contributed by atoms with van der Waals surface area (Å²) in [6, 6.07) is 0. The monoisotopic (exact) mass is 323 g/mol. The molecule has 2 fully saturated rings. The normalized spacial score (nSPS) is 30.5. The van der Waals surface area contributed by atoms with Gasteiger partial charge in [0.1, 0.15) is 6.10 Å². The molecule has 0 radical (unpaired) electrons. The average molecular weight is 324 g/mol. The van der Waals surface area contributed by atoms with Gasteiger partial charge in [-0.25, -0.2) is 4.99 Å². The molecular formula is C19H33NOS. The van der Waals surface area contributed by atoms with Gasteiger partial charge < -0.3 is 4.74 Å². The fourth-order valence-corrected chi connectivity index (χ4v) is 5.64. The first kappa shape index (κ1) is 16.7. The van der Waals surface area contributed by atoms with E-state index < -0.39 is 0 Å². The van der Waals surface area contributed by atoms with Gasteiger partial charge in [-0.05, 0) is 38.5 Å². The summed E-state index contributed by atoms with van der Waals surface area (Å²) in [6.07, 6.45) is 18.0. The lowest BCUT2D eigenvalue weighted by atomic mass is 9.66. The molecule has 0 aromatic rings. The van der Waals surface area contributed by atoms with Crippen molar-refractivity contribution < 1.29 is 4.74 Å². The van der Waals surface area contributed by atoms with Crippen LogP contribution in [0.3, 0.4) is 0 Å². The zero-order valence-corrected chi connectivity index (χ0v) is 15.1. The van der Waals surface area contributed by atoms with E-state index in [0.717, 1.165) is 5.23 Å². The molecule has 0 aromatic carbocycles. The first-order valence-corrected chi connectivity index (χ1v) is 10.7. The molecule has 2 aliphatic carbocycles. The minimum atomic E-state index is 0.257. The van der Waals surface area contributed by atoms with Crippen LogP contribution in [0.2, 0.25) is 0 Å². The lowest BCUT2D eigenvalue weighted by Crippen LogP contribution is -2.51. The van der Waals surface area contributed by atoms with E-state index in [1.165, 1.54) is 89.2 Å². The van der Waals surface area contributed by atoms with Gasteiger partial charge in [0.2, 0.25) is 5.23 Å². The quantitative estimate of drug-likeness (QED) is 0.583. The number of ether oxygens (including phenoxy) is 1. The smallest absolute Gasteiger partial charge is 0.246 e. The van der Waals surface area contributed by atoms with Crippen molar-refractivity contribution in [3.05, 3.63) is 0 Å². The summed E-state index contributed by atoms with van der Waals surface area (Å²) < 4.78 is 6.34. The van der Waals surface area contributed by atoms with E-state index in [4.69, 9.17) is 9.73 Å². The van der Waals surface area contributed by atoms with Crippen molar-refractivity contribution >= 4 is 17.0 Å². The second-order valence-electron chi connectivity index (χ2n) is 7.50. The molecule has 2 nitrogen and oxygen atoms in total. The van der Waals surface area contributed by atoms with Gasteiger partial charge in [-0.2, -0.15) is 0 Å². The van der Waals surface area contributed by atoms with Gasteiger partial charge in [-0.15, -0.1) is 0 Å². The van der Waals surface area contributed by atoms with E-state index in [1.807, 2.05) is 11.8 Å². The van der Waals surface area contributed by atoms with E-state index >= 15 is 0 Å². The van der Waals surface area contributed by atoms with Gasteiger partial charge in [-0.1, -0.05) is 63.6 Å². The molecule has 1 heterocycles. The largest absolute Gasteiger partial charge is 0.469 e. The molecule has 0 N–H and O–H groups in total. The van der Waals surface area contributed by atoms with Crippen LogP contribution in [0.15, 0.2) is 4.99 Å². The molecule has 2 saturated carbocycles. The summed E-state index contributed by atoms with van der Waals surface area (Å²) in [5.41, 5.74) is 0.257. The number of hydrogen-bond donors (Lipinski definition) is 0. The van der Waals surface area contributed by atoms with Gasteiger partial charge in [0.25, 0.3) is 0 Å². The summed E-state index contributed by atoms with van der Waals surface area (Å²) >= 11 is 1.90. The highest BCUT2D eigenvalue weighted by Crippen LogP contribution is 2.48. The summed E-state index contributed by atoms with van der Waals surface area (Å²) in [6.45, 7) is 2.28. The summed E-state index contributed by atoms with van der Waals surface area (Å²) in [7, 11) is 0. The molecule has 3 heteroatoms. The van der Waals surface area contributed by atoms with Crippen molar-refractivity contribution in [1.82, 2.24) is 0 Å². The third kappa shape index (κ3) is 3.83. The van der Waals surface area contributed by atoms with Gasteiger partial charge in [0.05, 0.1) is 5.54 Å². The number of unbranched alkanes of at least 4 members (excludes halogenated alkanes) is 3. The van der Waals surface area contributed by atoms with Gasteiger partial charge in [0, 0.05) is 11.7 Å². The lowest BCUT2D eigenvalue weighted by molar-refractivity contribution is 0.00299. The highest BCUT2D eigenvalue weighted by atomic mass is 32.2. The average Bonchev–Trinajstić information content (AvgIpc) is 2.56. The molecule has 126 valence electrons. The molecule has 0 amide bonds. The maximum absolute atomic E-state index is 6.34. The minimum Gasteiger partial charge on any atom is -0.469 e. The van der Waals surface area contributed by atoms with Crippen LogP contribution >= 0.6 is 11.8 Å². The molecule has 2 atom stereocenters. The van der Waals surface area contributed by atoms with Crippen LogP contribution < -0.4 is 0 Å². The Balaban J connectivity index is 1.64. The van der Waals surface area contributed by atoms with Gasteiger partial charge in [-0.3, -0.25) is 0 Å². The molecule has 1 spiro atoms. The van der Waals surface area contributed by atoms with E-state index in [9.17, 15) is 0 Å². The maximum atomic E-state index is 6.34. The number of nitrogens with zero attached hydrogens (tertiary/aromatic N) is 1. The Hall–Kier alpha value is -0.180. The Bertz CT molecular complexity index is 376. The second kappa shape index (κ2) is 8.08. The van der Waals surface area contributed by atoms with Crippen molar-refractivity contribution in [1.29, 1.82) is 0 Å². The van der Waals surface area contributed by atoms with Crippen molar-refractivity contribution in [2.45, 2.75) is 102 Å². The minimum absolute atomic E-state index is 0.257. The molecule has 0 unspecified atom stereocenters. The topological polar surface area (TPSA) is 21.6 Å². The van der Waals surface area contributed by atoms with E-state index in [1.54, 1.807) is 0 Å². The third-order valence-electron chi connectivity index (χ3n) is 5.90. The predicted octanol–water partition coefficient (Wildman–Crippen LogP) is 5.95.